The van der Waals surface area contributed by atoms with Gasteiger partial charge in [0.15, 0.2) is 0 Å². The molecule has 1 heterocycles. The SMILES string of the molecule is CCNc1cc(C)ns1.[HH]. The molecule has 52 valence electrons. The van der Waals surface area contributed by atoms with Gasteiger partial charge in [-0.15, -0.1) is 0 Å². The summed E-state index contributed by atoms with van der Waals surface area (Å²) in [6, 6.07) is 2.05. The summed E-state index contributed by atoms with van der Waals surface area (Å²) in [5.41, 5.74) is 1.09. The van der Waals surface area contributed by atoms with E-state index in [1.54, 1.807) is 0 Å². The Morgan fingerprint density at radius 3 is 3.11 bits per heavy atom. The highest BCUT2D eigenvalue weighted by Crippen LogP contribution is 2.14. The van der Waals surface area contributed by atoms with Crippen LogP contribution in [0.25, 0.3) is 0 Å². The highest BCUT2D eigenvalue weighted by molar-refractivity contribution is 7.10. The summed E-state index contributed by atoms with van der Waals surface area (Å²) in [4.78, 5) is 0. The quantitative estimate of drug-likeness (QED) is 0.687. The Bertz CT molecular complexity index is 188. The van der Waals surface area contributed by atoms with Gasteiger partial charge in [-0.2, -0.15) is 4.37 Å². The lowest BCUT2D eigenvalue weighted by Crippen LogP contribution is -1.92. The third-order valence-electron chi connectivity index (χ3n) is 0.979. The molecule has 0 fully saturated rings. The number of aryl methyl sites for hydroxylation is 1. The maximum atomic E-state index is 4.11. The summed E-state index contributed by atoms with van der Waals surface area (Å²) in [5, 5.41) is 4.35. The van der Waals surface area contributed by atoms with E-state index in [4.69, 9.17) is 0 Å². The normalized spacial score (nSPS) is 9.56. The van der Waals surface area contributed by atoms with Crippen LogP contribution >= 0.6 is 11.5 Å². The number of hydrogen-bond donors (Lipinski definition) is 1. The van der Waals surface area contributed by atoms with Crippen LogP contribution in [-0.2, 0) is 0 Å². The number of nitrogens with one attached hydrogen (secondary N) is 1. The van der Waals surface area contributed by atoms with Gasteiger partial charge in [0.1, 0.15) is 5.00 Å². The first-order valence-electron chi connectivity index (χ1n) is 3.00. The fourth-order valence-electron chi connectivity index (χ4n) is 0.621. The van der Waals surface area contributed by atoms with E-state index in [1.165, 1.54) is 11.5 Å². The highest BCUT2D eigenvalue weighted by Gasteiger charge is 1.92. The van der Waals surface area contributed by atoms with E-state index in [0.29, 0.717) is 0 Å². The summed E-state index contributed by atoms with van der Waals surface area (Å²) in [5.74, 6) is 0. The number of rotatable bonds is 2. The number of aromatic nitrogens is 1. The first-order chi connectivity index (χ1) is 4.33. The largest absolute Gasteiger partial charge is 0.376 e. The molecule has 0 aliphatic rings. The Hall–Kier alpha value is -0.570. The minimum atomic E-state index is 0. The maximum Gasteiger partial charge on any atom is 0.109 e. The van der Waals surface area contributed by atoms with E-state index in [2.05, 4.69) is 16.6 Å². The topological polar surface area (TPSA) is 24.9 Å². The number of anilines is 1. The van der Waals surface area contributed by atoms with Crippen LogP contribution in [0.1, 0.15) is 14.0 Å². The standard InChI is InChI=1S/C6H10N2S.H2/c1-3-7-6-4-5(2)8-9-6;/h4,7H,3H2,1-2H3;1H. The van der Waals surface area contributed by atoms with Crippen molar-refractivity contribution in [3.8, 4) is 0 Å². The van der Waals surface area contributed by atoms with Gasteiger partial charge in [0.05, 0.1) is 5.69 Å². The van der Waals surface area contributed by atoms with Gasteiger partial charge in [0, 0.05) is 7.97 Å². The van der Waals surface area contributed by atoms with Gasteiger partial charge in [0.25, 0.3) is 0 Å². The Morgan fingerprint density at radius 1 is 1.89 bits per heavy atom. The molecule has 0 atom stereocenters. The zero-order valence-electron chi connectivity index (χ0n) is 5.64. The third-order valence-corrected chi connectivity index (χ3v) is 1.82. The monoisotopic (exact) mass is 144 g/mol. The Labute approximate surface area is 60.6 Å². The van der Waals surface area contributed by atoms with Crippen LogP contribution in [0.15, 0.2) is 6.07 Å². The van der Waals surface area contributed by atoms with Gasteiger partial charge in [-0.3, -0.25) is 0 Å². The molecule has 0 radical (unpaired) electrons. The van der Waals surface area contributed by atoms with E-state index in [0.717, 1.165) is 17.2 Å². The molecule has 0 saturated carbocycles. The van der Waals surface area contributed by atoms with Crippen molar-refractivity contribution in [3.05, 3.63) is 11.8 Å². The molecule has 0 unspecified atom stereocenters. The number of hydrogen-bond acceptors (Lipinski definition) is 3. The van der Waals surface area contributed by atoms with E-state index in [9.17, 15) is 0 Å². The lowest BCUT2D eigenvalue weighted by Gasteiger charge is -1.92. The van der Waals surface area contributed by atoms with Crippen molar-refractivity contribution in [2.75, 3.05) is 11.9 Å². The third kappa shape index (κ3) is 1.68. The van der Waals surface area contributed by atoms with Crippen molar-refractivity contribution in [3.63, 3.8) is 0 Å². The fraction of sp³-hybridized carbons (Fsp3) is 0.500. The highest BCUT2D eigenvalue weighted by atomic mass is 32.1. The molecule has 1 rings (SSSR count). The van der Waals surface area contributed by atoms with Crippen LogP contribution in [0.5, 0.6) is 0 Å². The van der Waals surface area contributed by atoms with E-state index >= 15 is 0 Å². The molecule has 9 heavy (non-hydrogen) atoms. The molecule has 0 aliphatic heterocycles. The van der Waals surface area contributed by atoms with Crippen LogP contribution in [-0.4, -0.2) is 10.9 Å². The molecular weight excluding hydrogens is 132 g/mol. The molecule has 1 aromatic heterocycles. The first-order valence-corrected chi connectivity index (χ1v) is 3.77. The Balaban J connectivity index is 0.000000810. The molecular formula is C6H12N2S. The van der Waals surface area contributed by atoms with Crippen LogP contribution in [0.4, 0.5) is 5.00 Å². The zero-order chi connectivity index (χ0) is 6.69. The summed E-state index contributed by atoms with van der Waals surface area (Å²) in [6.45, 7) is 5.05. The van der Waals surface area contributed by atoms with Gasteiger partial charge >= 0.3 is 0 Å². The lowest BCUT2D eigenvalue weighted by molar-refractivity contribution is 1.22. The van der Waals surface area contributed by atoms with Gasteiger partial charge in [-0.1, -0.05) is 0 Å². The van der Waals surface area contributed by atoms with Gasteiger partial charge < -0.3 is 5.32 Å². The summed E-state index contributed by atoms with van der Waals surface area (Å²) < 4.78 is 4.11. The van der Waals surface area contributed by atoms with Crippen LogP contribution in [0.3, 0.4) is 0 Å². The van der Waals surface area contributed by atoms with Crippen molar-refractivity contribution in [1.29, 1.82) is 0 Å². The smallest absolute Gasteiger partial charge is 0.109 e. The van der Waals surface area contributed by atoms with E-state index < -0.39 is 0 Å². The fourth-order valence-corrected chi connectivity index (χ4v) is 1.35. The summed E-state index contributed by atoms with van der Waals surface area (Å²) in [7, 11) is 0. The Morgan fingerprint density at radius 2 is 2.67 bits per heavy atom. The molecule has 0 saturated heterocycles. The molecule has 2 nitrogen and oxygen atoms in total. The Kier molecular flexibility index (Phi) is 2.05. The van der Waals surface area contributed by atoms with Crippen LogP contribution < -0.4 is 5.32 Å². The predicted octanol–water partition coefficient (Wildman–Crippen LogP) is 2.13. The van der Waals surface area contributed by atoms with Crippen LogP contribution in [0.2, 0.25) is 0 Å². The lowest BCUT2D eigenvalue weighted by atomic mass is 10.5. The van der Waals surface area contributed by atoms with E-state index in [1.807, 2.05) is 13.0 Å². The summed E-state index contributed by atoms with van der Waals surface area (Å²) in [6.07, 6.45) is 0. The first kappa shape index (κ1) is 6.55. The second-order valence-electron chi connectivity index (χ2n) is 1.86. The minimum Gasteiger partial charge on any atom is -0.376 e. The molecule has 0 spiro atoms. The van der Waals surface area contributed by atoms with Crippen molar-refractivity contribution < 1.29 is 1.43 Å². The molecule has 1 N–H and O–H groups in total. The summed E-state index contributed by atoms with van der Waals surface area (Å²) >= 11 is 1.51. The van der Waals surface area contributed by atoms with E-state index in [-0.39, 0.29) is 1.43 Å². The zero-order valence-corrected chi connectivity index (χ0v) is 6.46. The second kappa shape index (κ2) is 2.82. The molecule has 0 amide bonds. The van der Waals surface area contributed by atoms with Crippen molar-refractivity contribution in [1.82, 2.24) is 4.37 Å². The van der Waals surface area contributed by atoms with Crippen molar-refractivity contribution in [2.45, 2.75) is 13.8 Å². The molecule has 3 heteroatoms. The second-order valence-corrected chi connectivity index (χ2v) is 2.67. The van der Waals surface area contributed by atoms with Crippen molar-refractivity contribution >= 4 is 16.5 Å². The van der Waals surface area contributed by atoms with Gasteiger partial charge in [-0.25, -0.2) is 0 Å². The average molecular weight is 144 g/mol. The van der Waals surface area contributed by atoms with Gasteiger partial charge in [-0.05, 0) is 31.4 Å². The van der Waals surface area contributed by atoms with Crippen molar-refractivity contribution in [2.24, 2.45) is 0 Å². The van der Waals surface area contributed by atoms with Gasteiger partial charge in [0.2, 0.25) is 0 Å². The molecule has 0 aromatic carbocycles. The maximum absolute atomic E-state index is 4.11. The average Bonchev–Trinajstić information content (AvgIpc) is 2.17. The minimum absolute atomic E-state index is 0. The molecule has 0 aliphatic carbocycles. The molecule has 0 bridgehead atoms. The molecule has 1 aromatic rings. The number of nitrogens with zero attached hydrogens (tertiary/aromatic N) is 1. The predicted molar refractivity (Wildman–Crippen MR) is 43.1 cm³/mol. The van der Waals surface area contributed by atoms with Crippen LogP contribution in [0, 0.1) is 6.92 Å².